The van der Waals surface area contributed by atoms with Crippen LogP contribution >= 0.6 is 11.8 Å². The summed E-state index contributed by atoms with van der Waals surface area (Å²) in [5.74, 6) is 2.41. The molecule has 0 aliphatic heterocycles. The van der Waals surface area contributed by atoms with Crippen molar-refractivity contribution < 1.29 is 14.3 Å². The molecule has 2 aromatic carbocycles. The summed E-state index contributed by atoms with van der Waals surface area (Å²) in [6, 6.07) is 13.8. The van der Waals surface area contributed by atoms with Gasteiger partial charge in [0.2, 0.25) is 5.91 Å². The molecule has 1 atom stereocenters. The third-order valence-corrected chi connectivity index (χ3v) is 5.63. The second kappa shape index (κ2) is 8.99. The van der Waals surface area contributed by atoms with Crippen molar-refractivity contribution in [1.29, 1.82) is 0 Å². The van der Waals surface area contributed by atoms with Gasteiger partial charge in [-0.15, -0.1) is 11.8 Å². The first-order chi connectivity index (χ1) is 12.7. The zero-order valence-corrected chi connectivity index (χ0v) is 16.1. The van der Waals surface area contributed by atoms with E-state index in [2.05, 4.69) is 17.4 Å². The van der Waals surface area contributed by atoms with Gasteiger partial charge in [0.25, 0.3) is 0 Å². The van der Waals surface area contributed by atoms with Gasteiger partial charge in [-0.05, 0) is 73.7 Å². The van der Waals surface area contributed by atoms with E-state index in [1.54, 1.807) is 18.9 Å². The average molecular weight is 372 g/mol. The molecule has 26 heavy (non-hydrogen) atoms. The zero-order chi connectivity index (χ0) is 18.4. The summed E-state index contributed by atoms with van der Waals surface area (Å²) in [5.41, 5.74) is 3.69. The first-order valence-corrected chi connectivity index (χ1v) is 10.0. The van der Waals surface area contributed by atoms with Crippen LogP contribution in [0.5, 0.6) is 11.5 Å². The molecule has 0 saturated carbocycles. The van der Waals surface area contributed by atoms with E-state index in [4.69, 9.17) is 9.47 Å². The van der Waals surface area contributed by atoms with E-state index in [1.165, 1.54) is 17.5 Å². The molecule has 1 amide bonds. The molecule has 2 aromatic rings. The van der Waals surface area contributed by atoms with E-state index in [9.17, 15) is 4.79 Å². The molecule has 0 spiro atoms. The number of anilines is 1. The lowest BCUT2D eigenvalue weighted by atomic mass is 10.1. The number of hydrogen-bond donors (Lipinski definition) is 1. The molecule has 1 aliphatic carbocycles. The molecule has 5 heteroatoms. The SMILES string of the molecule is COc1ccc(OCCS[C@@H](C)C(=O)Nc2ccc3c(c2)CCC3)cc1. The lowest BCUT2D eigenvalue weighted by Gasteiger charge is -2.13. The Morgan fingerprint density at radius 2 is 1.85 bits per heavy atom. The van der Waals surface area contributed by atoms with Crippen molar-refractivity contribution in [3.8, 4) is 11.5 Å². The third-order valence-electron chi connectivity index (χ3n) is 4.51. The van der Waals surface area contributed by atoms with E-state index in [-0.39, 0.29) is 11.2 Å². The highest BCUT2D eigenvalue weighted by atomic mass is 32.2. The molecule has 138 valence electrons. The average Bonchev–Trinajstić information content (AvgIpc) is 3.13. The highest BCUT2D eigenvalue weighted by molar-refractivity contribution is 8.00. The molecule has 0 fully saturated rings. The second-order valence-corrected chi connectivity index (χ2v) is 7.81. The monoisotopic (exact) mass is 371 g/mol. The number of nitrogens with one attached hydrogen (secondary N) is 1. The fourth-order valence-electron chi connectivity index (χ4n) is 3.03. The molecule has 0 aromatic heterocycles. The van der Waals surface area contributed by atoms with Gasteiger partial charge in [-0.25, -0.2) is 0 Å². The first-order valence-electron chi connectivity index (χ1n) is 8.97. The molecule has 4 nitrogen and oxygen atoms in total. The summed E-state index contributed by atoms with van der Waals surface area (Å²) < 4.78 is 10.8. The number of rotatable bonds is 8. The minimum absolute atomic E-state index is 0.0393. The molecule has 3 rings (SSSR count). The molecule has 0 heterocycles. The Labute approximate surface area is 159 Å². The van der Waals surface area contributed by atoms with Gasteiger partial charge in [0.05, 0.1) is 19.0 Å². The van der Waals surface area contributed by atoms with Crippen LogP contribution in [-0.4, -0.2) is 30.6 Å². The highest BCUT2D eigenvalue weighted by Gasteiger charge is 2.15. The molecule has 1 N–H and O–H groups in total. The number of aryl methyl sites for hydroxylation is 2. The molecular weight excluding hydrogens is 346 g/mol. The summed E-state index contributed by atoms with van der Waals surface area (Å²) in [5, 5.41) is 2.91. The Kier molecular flexibility index (Phi) is 6.45. The maximum Gasteiger partial charge on any atom is 0.237 e. The Hall–Kier alpha value is -2.14. The summed E-state index contributed by atoms with van der Waals surface area (Å²) in [6.45, 7) is 2.49. The van der Waals surface area contributed by atoms with Crippen LogP contribution in [0.4, 0.5) is 5.69 Å². The van der Waals surface area contributed by atoms with Crippen LogP contribution in [0, 0.1) is 0 Å². The van der Waals surface area contributed by atoms with E-state index < -0.39 is 0 Å². The lowest BCUT2D eigenvalue weighted by molar-refractivity contribution is -0.115. The molecular formula is C21H25NO3S. The van der Waals surface area contributed by atoms with Crippen molar-refractivity contribution >= 4 is 23.4 Å². The van der Waals surface area contributed by atoms with Crippen LogP contribution in [0.25, 0.3) is 0 Å². The molecule has 0 radical (unpaired) electrons. The van der Waals surface area contributed by atoms with Gasteiger partial charge in [-0.1, -0.05) is 6.07 Å². The number of benzene rings is 2. The molecule has 0 saturated heterocycles. The first kappa shape index (κ1) is 18.6. The third kappa shape index (κ3) is 4.94. The number of carbonyl (C=O) groups excluding carboxylic acids is 1. The number of carbonyl (C=O) groups is 1. The number of amides is 1. The van der Waals surface area contributed by atoms with Crippen LogP contribution in [-0.2, 0) is 17.6 Å². The van der Waals surface area contributed by atoms with Crippen molar-refractivity contribution in [2.75, 3.05) is 24.8 Å². The van der Waals surface area contributed by atoms with Crippen molar-refractivity contribution in [1.82, 2.24) is 0 Å². The Balaban J connectivity index is 1.39. The Bertz CT molecular complexity index is 745. The summed E-state index contributed by atoms with van der Waals surface area (Å²) in [6.07, 6.45) is 3.49. The maximum atomic E-state index is 12.4. The fourth-order valence-corrected chi connectivity index (χ4v) is 3.77. The van der Waals surface area contributed by atoms with E-state index in [0.29, 0.717) is 6.61 Å². The highest BCUT2D eigenvalue weighted by Crippen LogP contribution is 2.25. The van der Waals surface area contributed by atoms with Gasteiger partial charge in [-0.3, -0.25) is 4.79 Å². The van der Waals surface area contributed by atoms with Crippen LogP contribution in [0.1, 0.15) is 24.5 Å². The molecule has 0 bridgehead atoms. The fraction of sp³-hybridized carbons (Fsp3) is 0.381. The van der Waals surface area contributed by atoms with Crippen molar-refractivity contribution in [3.05, 3.63) is 53.6 Å². The second-order valence-electron chi connectivity index (χ2n) is 6.36. The number of thioether (sulfide) groups is 1. The minimum atomic E-state index is -0.122. The Morgan fingerprint density at radius 1 is 1.12 bits per heavy atom. The van der Waals surface area contributed by atoms with Crippen LogP contribution in [0.3, 0.4) is 0 Å². The number of fused-ring (bicyclic) bond motifs is 1. The van der Waals surface area contributed by atoms with Crippen LogP contribution in [0.2, 0.25) is 0 Å². The van der Waals surface area contributed by atoms with Gasteiger partial charge in [-0.2, -0.15) is 0 Å². The number of ether oxygens (including phenoxy) is 2. The summed E-state index contributed by atoms with van der Waals surface area (Å²) in [4.78, 5) is 12.4. The van der Waals surface area contributed by atoms with E-state index in [0.717, 1.165) is 35.8 Å². The predicted octanol–water partition coefficient (Wildman–Crippen LogP) is 4.32. The summed E-state index contributed by atoms with van der Waals surface area (Å²) in [7, 11) is 1.64. The van der Waals surface area contributed by atoms with Gasteiger partial charge in [0.1, 0.15) is 11.5 Å². The minimum Gasteiger partial charge on any atom is -0.497 e. The van der Waals surface area contributed by atoms with Crippen molar-refractivity contribution in [2.45, 2.75) is 31.4 Å². The van der Waals surface area contributed by atoms with E-state index >= 15 is 0 Å². The standard InChI is InChI=1S/C21H25NO3S/c1-15(26-13-12-25-20-10-8-19(24-2)9-11-20)21(23)22-18-7-6-16-4-3-5-17(16)14-18/h6-11,14-15H,3-5,12-13H2,1-2H3,(H,22,23)/t15-/m0/s1. The van der Waals surface area contributed by atoms with Gasteiger partial charge < -0.3 is 14.8 Å². The molecule has 0 unspecified atom stereocenters. The summed E-state index contributed by atoms with van der Waals surface area (Å²) >= 11 is 1.59. The molecule has 1 aliphatic rings. The number of methoxy groups -OCH3 is 1. The predicted molar refractivity (Wildman–Crippen MR) is 108 cm³/mol. The van der Waals surface area contributed by atoms with Crippen molar-refractivity contribution in [3.63, 3.8) is 0 Å². The quantitative estimate of drug-likeness (QED) is 0.702. The normalized spacial score (nSPS) is 13.8. The topological polar surface area (TPSA) is 47.6 Å². The maximum absolute atomic E-state index is 12.4. The van der Waals surface area contributed by atoms with Crippen LogP contribution in [0.15, 0.2) is 42.5 Å². The number of hydrogen-bond acceptors (Lipinski definition) is 4. The van der Waals surface area contributed by atoms with Crippen molar-refractivity contribution in [2.24, 2.45) is 0 Å². The Morgan fingerprint density at radius 3 is 2.62 bits per heavy atom. The van der Waals surface area contributed by atoms with E-state index in [1.807, 2.05) is 37.3 Å². The zero-order valence-electron chi connectivity index (χ0n) is 15.3. The lowest BCUT2D eigenvalue weighted by Crippen LogP contribution is -2.23. The van der Waals surface area contributed by atoms with Gasteiger partial charge in [0, 0.05) is 11.4 Å². The van der Waals surface area contributed by atoms with Gasteiger partial charge >= 0.3 is 0 Å². The van der Waals surface area contributed by atoms with Crippen LogP contribution < -0.4 is 14.8 Å². The largest absolute Gasteiger partial charge is 0.497 e. The van der Waals surface area contributed by atoms with Gasteiger partial charge in [0.15, 0.2) is 0 Å². The smallest absolute Gasteiger partial charge is 0.237 e.